The lowest BCUT2D eigenvalue weighted by Crippen LogP contribution is -2.26. The summed E-state index contributed by atoms with van der Waals surface area (Å²) in [6.07, 6.45) is 9.21. The van der Waals surface area contributed by atoms with Crippen LogP contribution in [0, 0.1) is 18.8 Å². The van der Waals surface area contributed by atoms with Gasteiger partial charge >= 0.3 is 0 Å². The second-order valence-electron chi connectivity index (χ2n) is 5.42. The van der Waals surface area contributed by atoms with Gasteiger partial charge in [0.1, 0.15) is 0 Å². The van der Waals surface area contributed by atoms with Gasteiger partial charge in [-0.05, 0) is 37.7 Å². The summed E-state index contributed by atoms with van der Waals surface area (Å²) >= 11 is 0. The summed E-state index contributed by atoms with van der Waals surface area (Å²) in [6, 6.07) is 2.08. The van der Waals surface area contributed by atoms with Crippen LogP contribution in [-0.2, 0) is 6.54 Å². The average Bonchev–Trinajstić information content (AvgIpc) is 2.92. The van der Waals surface area contributed by atoms with Crippen molar-refractivity contribution in [3.63, 3.8) is 0 Å². The first kappa shape index (κ1) is 11.0. The van der Waals surface area contributed by atoms with E-state index >= 15 is 0 Å². The number of likely N-dealkylation sites (tertiary alicyclic amines) is 1. The summed E-state index contributed by atoms with van der Waals surface area (Å²) < 4.78 is 2.11. The van der Waals surface area contributed by atoms with Crippen molar-refractivity contribution < 1.29 is 0 Å². The highest BCUT2D eigenvalue weighted by molar-refractivity contribution is 5.00. The van der Waals surface area contributed by atoms with Crippen molar-refractivity contribution in [3.8, 4) is 0 Å². The number of hydrogen-bond donors (Lipinski definition) is 0. The molecule has 0 bridgehead atoms. The molecule has 0 N–H and O–H groups in total. The summed E-state index contributed by atoms with van der Waals surface area (Å²) in [5.41, 5.74) is 1.27. The average molecular weight is 231 g/mol. The summed E-state index contributed by atoms with van der Waals surface area (Å²) in [6.45, 7) is 6.88. The standard InChI is InChI=1S/C14H21N3/c1-12-6-7-15-17(12)9-8-16-10-13-4-2-3-5-14(13)11-16/h2-3,6-7,13-14H,4-5,8-11H2,1H3/t13-,14+. The van der Waals surface area contributed by atoms with E-state index < -0.39 is 0 Å². The van der Waals surface area contributed by atoms with Crippen LogP contribution in [0.25, 0.3) is 0 Å². The minimum Gasteiger partial charge on any atom is -0.301 e. The van der Waals surface area contributed by atoms with Crippen molar-refractivity contribution in [2.45, 2.75) is 26.3 Å². The van der Waals surface area contributed by atoms with Crippen molar-refractivity contribution in [2.75, 3.05) is 19.6 Å². The molecule has 3 nitrogen and oxygen atoms in total. The molecule has 1 aromatic rings. The lowest BCUT2D eigenvalue weighted by molar-refractivity contribution is 0.300. The molecule has 0 spiro atoms. The number of hydrogen-bond acceptors (Lipinski definition) is 2. The molecule has 0 amide bonds. The highest BCUT2D eigenvalue weighted by Gasteiger charge is 2.32. The number of nitrogens with zero attached hydrogens (tertiary/aromatic N) is 3. The summed E-state index contributed by atoms with van der Waals surface area (Å²) in [7, 11) is 0. The van der Waals surface area contributed by atoms with Crippen LogP contribution in [0.5, 0.6) is 0 Å². The molecule has 1 fully saturated rings. The smallest absolute Gasteiger partial charge is 0.0539 e. The fourth-order valence-corrected chi connectivity index (χ4v) is 3.16. The van der Waals surface area contributed by atoms with Gasteiger partial charge in [0.2, 0.25) is 0 Å². The Morgan fingerprint density at radius 2 is 1.88 bits per heavy atom. The predicted molar refractivity (Wildman–Crippen MR) is 68.8 cm³/mol. The molecule has 1 aromatic heterocycles. The second kappa shape index (κ2) is 4.65. The monoisotopic (exact) mass is 231 g/mol. The Morgan fingerprint density at radius 3 is 2.47 bits per heavy atom. The van der Waals surface area contributed by atoms with E-state index in [0.717, 1.165) is 24.9 Å². The van der Waals surface area contributed by atoms with Gasteiger partial charge in [0.15, 0.2) is 0 Å². The Labute approximate surface area is 103 Å². The fourth-order valence-electron chi connectivity index (χ4n) is 3.16. The lowest BCUT2D eigenvalue weighted by Gasteiger charge is -2.18. The molecular weight excluding hydrogens is 210 g/mol. The maximum atomic E-state index is 4.35. The maximum Gasteiger partial charge on any atom is 0.0539 e. The van der Waals surface area contributed by atoms with E-state index in [1.54, 1.807) is 0 Å². The molecule has 2 heterocycles. The van der Waals surface area contributed by atoms with Gasteiger partial charge in [-0.1, -0.05) is 12.2 Å². The Kier molecular flexibility index (Phi) is 3.02. The number of allylic oxidation sites excluding steroid dienone is 2. The molecule has 0 aromatic carbocycles. The second-order valence-corrected chi connectivity index (χ2v) is 5.42. The molecule has 2 atom stereocenters. The molecule has 1 aliphatic heterocycles. The van der Waals surface area contributed by atoms with Crippen molar-refractivity contribution in [1.29, 1.82) is 0 Å². The van der Waals surface area contributed by atoms with E-state index in [-0.39, 0.29) is 0 Å². The number of aryl methyl sites for hydroxylation is 1. The lowest BCUT2D eigenvalue weighted by atomic mass is 9.86. The molecule has 1 saturated heterocycles. The van der Waals surface area contributed by atoms with E-state index in [1.807, 2.05) is 6.20 Å². The minimum atomic E-state index is 0.915. The van der Waals surface area contributed by atoms with Gasteiger partial charge in [0, 0.05) is 31.5 Å². The normalized spacial score (nSPS) is 28.5. The molecular formula is C14H21N3. The Balaban J connectivity index is 1.53. The zero-order valence-electron chi connectivity index (χ0n) is 10.5. The molecule has 92 valence electrons. The van der Waals surface area contributed by atoms with Crippen molar-refractivity contribution in [3.05, 3.63) is 30.1 Å². The van der Waals surface area contributed by atoms with Gasteiger partial charge in [-0.2, -0.15) is 5.10 Å². The number of fused-ring (bicyclic) bond motifs is 1. The Bertz CT molecular complexity index is 391. The highest BCUT2D eigenvalue weighted by atomic mass is 15.3. The molecule has 3 rings (SSSR count). The van der Waals surface area contributed by atoms with E-state index in [1.165, 1.54) is 31.6 Å². The Morgan fingerprint density at radius 1 is 1.18 bits per heavy atom. The van der Waals surface area contributed by atoms with Crippen molar-refractivity contribution in [1.82, 2.24) is 14.7 Å². The number of aromatic nitrogens is 2. The molecule has 1 aliphatic carbocycles. The van der Waals surface area contributed by atoms with Crippen molar-refractivity contribution in [2.24, 2.45) is 11.8 Å². The first-order valence-electron chi connectivity index (χ1n) is 6.68. The van der Waals surface area contributed by atoms with E-state index in [4.69, 9.17) is 0 Å². The third kappa shape index (κ3) is 2.29. The van der Waals surface area contributed by atoms with Gasteiger partial charge in [-0.3, -0.25) is 4.68 Å². The highest BCUT2D eigenvalue weighted by Crippen LogP contribution is 2.32. The van der Waals surface area contributed by atoms with Gasteiger partial charge in [-0.15, -0.1) is 0 Å². The van der Waals surface area contributed by atoms with Gasteiger partial charge in [0.25, 0.3) is 0 Å². The summed E-state index contributed by atoms with van der Waals surface area (Å²) in [5, 5.41) is 4.35. The van der Waals surface area contributed by atoms with Crippen LogP contribution in [-0.4, -0.2) is 34.3 Å². The molecule has 2 aliphatic rings. The zero-order chi connectivity index (χ0) is 11.7. The molecule has 17 heavy (non-hydrogen) atoms. The maximum absolute atomic E-state index is 4.35. The summed E-state index contributed by atoms with van der Waals surface area (Å²) in [4.78, 5) is 2.61. The van der Waals surface area contributed by atoms with Gasteiger partial charge < -0.3 is 4.90 Å². The van der Waals surface area contributed by atoms with E-state index in [9.17, 15) is 0 Å². The van der Waals surface area contributed by atoms with Crippen LogP contribution in [0.3, 0.4) is 0 Å². The topological polar surface area (TPSA) is 21.1 Å². The van der Waals surface area contributed by atoms with Gasteiger partial charge in [0.05, 0.1) is 6.54 Å². The zero-order valence-corrected chi connectivity index (χ0v) is 10.5. The largest absolute Gasteiger partial charge is 0.301 e. The third-order valence-corrected chi connectivity index (χ3v) is 4.25. The fraction of sp³-hybridized carbons (Fsp3) is 0.643. The van der Waals surface area contributed by atoms with E-state index in [2.05, 4.69) is 39.8 Å². The van der Waals surface area contributed by atoms with Crippen LogP contribution < -0.4 is 0 Å². The van der Waals surface area contributed by atoms with Crippen LogP contribution in [0.1, 0.15) is 18.5 Å². The van der Waals surface area contributed by atoms with Crippen molar-refractivity contribution >= 4 is 0 Å². The molecule has 3 heteroatoms. The predicted octanol–water partition coefficient (Wildman–Crippen LogP) is 2.09. The van der Waals surface area contributed by atoms with Crippen LogP contribution >= 0.6 is 0 Å². The summed E-state index contributed by atoms with van der Waals surface area (Å²) in [5.74, 6) is 1.83. The SMILES string of the molecule is Cc1ccnn1CCN1C[C@H]2CC=CC[C@H]2C1. The first-order chi connectivity index (χ1) is 8.33. The minimum absolute atomic E-state index is 0.915. The molecule has 0 radical (unpaired) electrons. The quantitative estimate of drug-likeness (QED) is 0.743. The first-order valence-corrected chi connectivity index (χ1v) is 6.68. The third-order valence-electron chi connectivity index (χ3n) is 4.25. The van der Waals surface area contributed by atoms with E-state index in [0.29, 0.717) is 0 Å². The Hall–Kier alpha value is -1.09. The molecule has 0 saturated carbocycles. The number of rotatable bonds is 3. The van der Waals surface area contributed by atoms with Crippen LogP contribution in [0.2, 0.25) is 0 Å². The van der Waals surface area contributed by atoms with Crippen LogP contribution in [0.15, 0.2) is 24.4 Å². The van der Waals surface area contributed by atoms with Gasteiger partial charge in [-0.25, -0.2) is 0 Å². The molecule has 0 unspecified atom stereocenters. The van der Waals surface area contributed by atoms with Crippen LogP contribution in [0.4, 0.5) is 0 Å².